The van der Waals surface area contributed by atoms with Gasteiger partial charge in [0.25, 0.3) is 0 Å². The van der Waals surface area contributed by atoms with Gasteiger partial charge in [-0.05, 0) is 76.8 Å². The number of ether oxygens (including phenoxy) is 4. The van der Waals surface area contributed by atoms with E-state index in [0.29, 0.717) is 30.5 Å². The van der Waals surface area contributed by atoms with Crippen LogP contribution in [0.3, 0.4) is 0 Å². The molecule has 2 heterocycles. The lowest BCUT2D eigenvalue weighted by Gasteiger charge is -2.29. The highest BCUT2D eigenvalue weighted by Crippen LogP contribution is 2.32. The smallest absolute Gasteiger partial charge is 0.224 e. The number of aromatic nitrogens is 4. The van der Waals surface area contributed by atoms with Crippen LogP contribution in [0.1, 0.15) is 34.3 Å². The van der Waals surface area contributed by atoms with E-state index in [1.54, 1.807) is 20.4 Å². The molecule has 3 N–H and O–H groups in total. The largest absolute Gasteiger partial charge is 0.497 e. The number of nitrogens with one attached hydrogen (secondary N) is 1. The Hall–Kier alpha value is -5.21. The van der Waals surface area contributed by atoms with Crippen LogP contribution in [0.25, 0.3) is 0 Å². The molecule has 300 valence electrons. The highest BCUT2D eigenvalue weighted by atomic mass is 35.5. The molecule has 0 bridgehead atoms. The highest BCUT2D eigenvalue weighted by molar-refractivity contribution is 6.32. The fraction of sp³-hybridized carbons (Fsp3) is 0.238. The number of rotatable bonds is 15. The second-order valence-corrected chi connectivity index (χ2v) is 13.1. The Bertz CT molecular complexity index is 2050. The summed E-state index contributed by atoms with van der Waals surface area (Å²) in [6, 6.07) is 34.5. The van der Waals surface area contributed by atoms with Gasteiger partial charge < -0.3 is 39.4 Å². The van der Waals surface area contributed by atoms with Crippen LogP contribution in [0.15, 0.2) is 122 Å². The summed E-state index contributed by atoms with van der Waals surface area (Å²) in [5.74, 6) is 2.98. The first-order valence-electron chi connectivity index (χ1n) is 17.6. The molecule has 0 aliphatic heterocycles. The molecule has 0 aliphatic rings. The molecule has 6 rings (SSSR count). The van der Waals surface area contributed by atoms with Crippen molar-refractivity contribution in [3.8, 4) is 23.0 Å². The second kappa shape index (κ2) is 23.8. The molecular formula is C42H45Cl3N6O6. The Kier molecular flexibility index (Phi) is 18.6. The molecular weight excluding hydrogens is 791 g/mol. The van der Waals surface area contributed by atoms with Crippen LogP contribution in [0.4, 0.5) is 5.82 Å². The molecule has 0 radical (unpaired) electrons. The maximum absolute atomic E-state index is 9.96. The summed E-state index contributed by atoms with van der Waals surface area (Å²) in [7, 11) is 6.93. The zero-order valence-electron chi connectivity index (χ0n) is 31.9. The number of hydrogen-bond acceptors (Lipinski definition) is 12. The van der Waals surface area contributed by atoms with Crippen LogP contribution >= 0.6 is 34.8 Å². The van der Waals surface area contributed by atoms with Gasteiger partial charge in [0.2, 0.25) is 10.6 Å². The van der Waals surface area contributed by atoms with Crippen molar-refractivity contribution in [2.45, 2.75) is 25.3 Å². The van der Waals surface area contributed by atoms with E-state index in [9.17, 15) is 5.11 Å². The van der Waals surface area contributed by atoms with Gasteiger partial charge in [-0.25, -0.2) is 15.0 Å². The van der Waals surface area contributed by atoms with Crippen LogP contribution in [0.2, 0.25) is 15.7 Å². The highest BCUT2D eigenvalue weighted by Gasteiger charge is 2.22. The van der Waals surface area contributed by atoms with Crippen LogP contribution < -0.4 is 29.2 Å². The Balaban J connectivity index is 0.000000211. The molecule has 0 unspecified atom stereocenters. The molecule has 2 atom stereocenters. The van der Waals surface area contributed by atoms with Gasteiger partial charge in [0.1, 0.15) is 24.7 Å². The molecule has 6 aromatic rings. The normalized spacial score (nSPS) is 11.5. The molecule has 4 aromatic carbocycles. The van der Waals surface area contributed by atoms with Gasteiger partial charge in [0.05, 0.1) is 51.9 Å². The summed E-state index contributed by atoms with van der Waals surface area (Å²) in [6.07, 6.45) is 2.99. The van der Waals surface area contributed by atoms with Crippen molar-refractivity contribution in [2.24, 2.45) is 0 Å². The molecule has 12 nitrogen and oxygen atoms in total. The van der Waals surface area contributed by atoms with E-state index in [2.05, 4.69) is 25.3 Å². The third-order valence-corrected chi connectivity index (χ3v) is 9.02. The molecule has 0 spiro atoms. The van der Waals surface area contributed by atoms with E-state index in [1.807, 2.05) is 128 Å². The molecule has 15 heteroatoms. The molecule has 2 aromatic heterocycles. The number of aliphatic hydroxyl groups is 2. The van der Waals surface area contributed by atoms with Crippen molar-refractivity contribution in [3.05, 3.63) is 160 Å². The Morgan fingerprint density at radius 1 is 0.632 bits per heavy atom. The van der Waals surface area contributed by atoms with Crippen molar-refractivity contribution < 1.29 is 29.2 Å². The number of nitrogens with zero attached hydrogens (tertiary/aromatic N) is 5. The molecule has 0 amide bonds. The third kappa shape index (κ3) is 14.0. The van der Waals surface area contributed by atoms with E-state index < -0.39 is 0 Å². The number of methoxy groups -OCH3 is 2. The minimum atomic E-state index is -0.296. The van der Waals surface area contributed by atoms with Gasteiger partial charge in [-0.3, -0.25) is 0 Å². The third-order valence-electron chi connectivity index (χ3n) is 8.39. The zero-order valence-corrected chi connectivity index (χ0v) is 34.2. The number of hydrogen-bond donors (Lipinski definition) is 3. The Morgan fingerprint density at radius 2 is 1.11 bits per heavy atom. The predicted molar refractivity (Wildman–Crippen MR) is 224 cm³/mol. The van der Waals surface area contributed by atoms with E-state index >= 15 is 0 Å². The second-order valence-electron chi connectivity index (χ2n) is 12.0. The minimum absolute atomic E-state index is 0.0659. The van der Waals surface area contributed by atoms with E-state index in [-0.39, 0.29) is 41.0 Å². The standard InChI is InChI=1S/C21H22ClN3O3.C12H10Cl2N2O2.C9H13NO/c1-25(18(13-26)16-6-4-3-5-7-16)20-19(12-23-21(22)24-20)28-14-15-8-10-17(27-2)11-9-15;1-17-9-4-2-8(3-5-9)7-18-10-6-15-12(14)16-11(10)13;1-10-9(7-11)8-5-3-2-4-6-8/h3-12,18,26H,13-14H2,1-2H3;2-6H,7H2,1H3;2-6,9-11H,7H2,1H3/t18-;;9-/m0.0/s1. The maximum Gasteiger partial charge on any atom is 0.224 e. The first kappa shape index (κ1) is 44.5. The lowest BCUT2D eigenvalue weighted by Crippen LogP contribution is -2.28. The average Bonchev–Trinajstić information content (AvgIpc) is 3.25. The quantitative estimate of drug-likeness (QED) is 0.0678. The summed E-state index contributed by atoms with van der Waals surface area (Å²) in [5, 5.41) is 22.3. The van der Waals surface area contributed by atoms with Crippen molar-refractivity contribution in [2.75, 3.05) is 46.4 Å². The maximum atomic E-state index is 9.96. The molecule has 0 aliphatic carbocycles. The van der Waals surface area contributed by atoms with Crippen LogP contribution in [0, 0.1) is 0 Å². The van der Waals surface area contributed by atoms with Crippen molar-refractivity contribution in [1.29, 1.82) is 0 Å². The van der Waals surface area contributed by atoms with Gasteiger partial charge >= 0.3 is 0 Å². The summed E-state index contributed by atoms with van der Waals surface area (Å²) < 4.78 is 21.7. The van der Waals surface area contributed by atoms with Crippen LogP contribution in [-0.2, 0) is 13.2 Å². The summed E-state index contributed by atoms with van der Waals surface area (Å²) in [4.78, 5) is 17.8. The van der Waals surface area contributed by atoms with E-state index in [4.69, 9.17) is 58.9 Å². The minimum Gasteiger partial charge on any atom is -0.497 e. The number of benzene rings is 4. The fourth-order valence-corrected chi connectivity index (χ4v) is 5.70. The number of anilines is 1. The number of likely N-dealkylation sites (N-methyl/N-ethyl adjacent to an activating group) is 2. The zero-order chi connectivity index (χ0) is 41.0. The van der Waals surface area contributed by atoms with Crippen LogP contribution in [-0.4, -0.2) is 71.7 Å². The first-order chi connectivity index (χ1) is 27.7. The lowest BCUT2D eigenvalue weighted by atomic mass is 10.1. The summed E-state index contributed by atoms with van der Waals surface area (Å²) in [5.41, 5.74) is 4.05. The van der Waals surface area contributed by atoms with Gasteiger partial charge in [0, 0.05) is 7.05 Å². The number of halogens is 3. The molecule has 0 fully saturated rings. The SMILES string of the molecule is CN[C@@H](CO)c1ccccc1.COc1ccc(COc2cnc(Cl)nc2Cl)cc1.COc1ccc(COc2cnc(Cl)nc2N(C)[C@@H](CO)c2ccccc2)cc1. The Labute approximate surface area is 348 Å². The summed E-state index contributed by atoms with van der Waals surface area (Å²) in [6.45, 7) is 0.764. The Morgan fingerprint density at radius 3 is 1.56 bits per heavy atom. The summed E-state index contributed by atoms with van der Waals surface area (Å²) >= 11 is 17.5. The van der Waals surface area contributed by atoms with Gasteiger partial charge in [0.15, 0.2) is 22.5 Å². The number of aliphatic hydroxyl groups excluding tert-OH is 2. The first-order valence-corrected chi connectivity index (χ1v) is 18.8. The van der Waals surface area contributed by atoms with Crippen LogP contribution in [0.5, 0.6) is 23.0 Å². The van der Waals surface area contributed by atoms with Crippen molar-refractivity contribution >= 4 is 40.6 Å². The van der Waals surface area contributed by atoms with Gasteiger partial charge in [-0.2, -0.15) is 4.98 Å². The van der Waals surface area contributed by atoms with Crippen molar-refractivity contribution in [3.63, 3.8) is 0 Å². The average molecular weight is 836 g/mol. The molecule has 57 heavy (non-hydrogen) atoms. The molecule has 0 saturated carbocycles. The monoisotopic (exact) mass is 834 g/mol. The van der Waals surface area contributed by atoms with Gasteiger partial charge in [-0.15, -0.1) is 0 Å². The topological polar surface area (TPSA) is 144 Å². The fourth-order valence-electron chi connectivity index (χ4n) is 5.21. The predicted octanol–water partition coefficient (Wildman–Crippen LogP) is 8.20. The lowest BCUT2D eigenvalue weighted by molar-refractivity contribution is 0.251. The van der Waals surface area contributed by atoms with E-state index in [1.165, 1.54) is 6.20 Å². The van der Waals surface area contributed by atoms with E-state index in [0.717, 1.165) is 33.8 Å². The van der Waals surface area contributed by atoms with Gasteiger partial charge in [-0.1, -0.05) is 96.5 Å². The molecule has 0 saturated heterocycles. The van der Waals surface area contributed by atoms with Crippen molar-refractivity contribution in [1.82, 2.24) is 25.3 Å².